The van der Waals surface area contributed by atoms with Crippen LogP contribution in [-0.2, 0) is 12.8 Å². The normalized spacial score (nSPS) is 13.6. The van der Waals surface area contributed by atoms with E-state index in [0.717, 1.165) is 23.5 Å². The average molecular weight is 280 g/mol. The summed E-state index contributed by atoms with van der Waals surface area (Å²) in [7, 11) is 0. The summed E-state index contributed by atoms with van der Waals surface area (Å²) in [6.07, 6.45) is 5.43. The van der Waals surface area contributed by atoms with Crippen molar-refractivity contribution in [3.63, 3.8) is 0 Å². The zero-order chi connectivity index (χ0) is 14.7. The second-order valence-corrected chi connectivity index (χ2v) is 5.54. The molecule has 2 heteroatoms. The van der Waals surface area contributed by atoms with Gasteiger partial charge in [0, 0.05) is 12.0 Å². The molecule has 0 radical (unpaired) electrons. The molecule has 21 heavy (non-hydrogen) atoms. The number of ether oxygens (including phenoxy) is 1. The van der Waals surface area contributed by atoms with E-state index in [0.29, 0.717) is 6.42 Å². The van der Waals surface area contributed by atoms with Crippen molar-refractivity contribution in [1.29, 1.82) is 0 Å². The summed E-state index contributed by atoms with van der Waals surface area (Å²) in [6, 6.07) is 13.8. The van der Waals surface area contributed by atoms with Gasteiger partial charge in [0.1, 0.15) is 11.5 Å². The topological polar surface area (TPSA) is 26.3 Å². The molecule has 2 aromatic rings. The number of Topliss-reactive ketones (excluding diaryl/α,β-unsaturated/α-hetero) is 1. The molecule has 108 valence electrons. The van der Waals surface area contributed by atoms with Crippen LogP contribution in [0.2, 0.25) is 0 Å². The molecular formula is C19H20O2. The van der Waals surface area contributed by atoms with Gasteiger partial charge in [-0.1, -0.05) is 13.0 Å². The minimum absolute atomic E-state index is 0.162. The average Bonchev–Trinajstić information content (AvgIpc) is 2.55. The number of rotatable bonds is 4. The molecule has 2 nitrogen and oxygen atoms in total. The second kappa shape index (κ2) is 6.13. The van der Waals surface area contributed by atoms with Crippen LogP contribution in [0.25, 0.3) is 0 Å². The molecule has 0 amide bonds. The Morgan fingerprint density at radius 2 is 1.62 bits per heavy atom. The van der Waals surface area contributed by atoms with Crippen molar-refractivity contribution < 1.29 is 9.53 Å². The van der Waals surface area contributed by atoms with Crippen molar-refractivity contribution in [2.75, 3.05) is 0 Å². The van der Waals surface area contributed by atoms with Crippen LogP contribution in [0.1, 0.15) is 47.7 Å². The first-order valence-electron chi connectivity index (χ1n) is 7.69. The first-order chi connectivity index (χ1) is 10.3. The van der Waals surface area contributed by atoms with Crippen LogP contribution in [0.3, 0.4) is 0 Å². The Kier molecular flexibility index (Phi) is 4.05. The van der Waals surface area contributed by atoms with Gasteiger partial charge < -0.3 is 4.74 Å². The molecule has 0 N–H and O–H groups in total. The third kappa shape index (κ3) is 3.15. The Morgan fingerprint density at radius 1 is 0.952 bits per heavy atom. The van der Waals surface area contributed by atoms with Gasteiger partial charge in [0.15, 0.2) is 5.78 Å². The van der Waals surface area contributed by atoms with Crippen molar-refractivity contribution in [2.24, 2.45) is 0 Å². The maximum absolute atomic E-state index is 11.6. The molecule has 0 bridgehead atoms. The van der Waals surface area contributed by atoms with Crippen molar-refractivity contribution in [1.82, 2.24) is 0 Å². The molecule has 0 heterocycles. The highest BCUT2D eigenvalue weighted by atomic mass is 16.5. The van der Waals surface area contributed by atoms with Gasteiger partial charge >= 0.3 is 0 Å². The fourth-order valence-electron chi connectivity index (χ4n) is 2.82. The minimum atomic E-state index is 0.162. The van der Waals surface area contributed by atoms with Crippen molar-refractivity contribution in [3.05, 3.63) is 59.2 Å². The molecule has 1 aliphatic carbocycles. The number of carbonyl (C=O) groups is 1. The van der Waals surface area contributed by atoms with E-state index in [9.17, 15) is 4.79 Å². The highest BCUT2D eigenvalue weighted by Gasteiger charge is 2.10. The lowest BCUT2D eigenvalue weighted by molar-refractivity contribution is 0.0988. The fraction of sp³-hybridized carbons (Fsp3) is 0.316. The van der Waals surface area contributed by atoms with Gasteiger partial charge in [-0.05, 0) is 73.2 Å². The molecule has 0 saturated carbocycles. The lowest BCUT2D eigenvalue weighted by Gasteiger charge is -2.16. The highest BCUT2D eigenvalue weighted by molar-refractivity contribution is 5.95. The Labute approximate surface area is 125 Å². The Balaban J connectivity index is 1.75. The van der Waals surface area contributed by atoms with Crippen LogP contribution in [0.15, 0.2) is 42.5 Å². The number of aryl methyl sites for hydroxylation is 2. The van der Waals surface area contributed by atoms with Crippen LogP contribution >= 0.6 is 0 Å². The summed E-state index contributed by atoms with van der Waals surface area (Å²) in [5.74, 6) is 1.82. The number of carbonyl (C=O) groups excluding carboxylic acids is 1. The number of benzene rings is 2. The molecular weight excluding hydrogens is 260 g/mol. The fourth-order valence-corrected chi connectivity index (χ4v) is 2.82. The van der Waals surface area contributed by atoms with Crippen LogP contribution in [0.5, 0.6) is 11.5 Å². The molecule has 0 aromatic heterocycles. The van der Waals surface area contributed by atoms with E-state index in [1.54, 1.807) is 0 Å². The minimum Gasteiger partial charge on any atom is -0.457 e. The number of fused-ring (bicyclic) bond motifs is 1. The molecule has 0 saturated heterocycles. The van der Waals surface area contributed by atoms with Gasteiger partial charge in [0.2, 0.25) is 0 Å². The Morgan fingerprint density at radius 3 is 2.33 bits per heavy atom. The molecule has 0 spiro atoms. The van der Waals surface area contributed by atoms with E-state index < -0.39 is 0 Å². The molecule has 1 aliphatic rings. The molecule has 0 fully saturated rings. The molecule has 0 unspecified atom stereocenters. The van der Waals surface area contributed by atoms with Gasteiger partial charge in [-0.15, -0.1) is 0 Å². The predicted octanol–water partition coefficient (Wildman–Crippen LogP) is 4.95. The van der Waals surface area contributed by atoms with Crippen LogP contribution in [0, 0.1) is 0 Å². The van der Waals surface area contributed by atoms with E-state index in [-0.39, 0.29) is 5.78 Å². The summed E-state index contributed by atoms with van der Waals surface area (Å²) in [5, 5.41) is 0. The third-order valence-electron chi connectivity index (χ3n) is 4.05. The number of ketones is 1. The standard InChI is InChI=1S/C19H20O2/c1-2-19(20)15-8-10-17(11-9-15)21-18-12-7-14-5-3-4-6-16(14)13-18/h7-13H,2-6H2,1H3. The summed E-state index contributed by atoms with van der Waals surface area (Å²) in [4.78, 5) is 11.6. The first-order valence-corrected chi connectivity index (χ1v) is 7.69. The van der Waals surface area contributed by atoms with Crippen LogP contribution < -0.4 is 4.74 Å². The van der Waals surface area contributed by atoms with Crippen molar-refractivity contribution in [2.45, 2.75) is 39.0 Å². The lowest BCUT2D eigenvalue weighted by atomic mass is 9.92. The van der Waals surface area contributed by atoms with Gasteiger partial charge in [-0.3, -0.25) is 4.79 Å². The zero-order valence-corrected chi connectivity index (χ0v) is 12.4. The van der Waals surface area contributed by atoms with Gasteiger partial charge in [-0.2, -0.15) is 0 Å². The van der Waals surface area contributed by atoms with Gasteiger partial charge in [-0.25, -0.2) is 0 Å². The lowest BCUT2D eigenvalue weighted by Crippen LogP contribution is -2.02. The summed E-state index contributed by atoms with van der Waals surface area (Å²) >= 11 is 0. The van der Waals surface area contributed by atoms with Crippen molar-refractivity contribution in [3.8, 4) is 11.5 Å². The Hall–Kier alpha value is -2.09. The third-order valence-corrected chi connectivity index (χ3v) is 4.05. The first kappa shape index (κ1) is 13.9. The number of hydrogen-bond donors (Lipinski definition) is 0. The monoisotopic (exact) mass is 280 g/mol. The van der Waals surface area contributed by atoms with E-state index in [1.165, 1.54) is 30.4 Å². The van der Waals surface area contributed by atoms with Gasteiger partial charge in [0.25, 0.3) is 0 Å². The zero-order valence-electron chi connectivity index (χ0n) is 12.4. The largest absolute Gasteiger partial charge is 0.457 e. The quantitative estimate of drug-likeness (QED) is 0.741. The van der Waals surface area contributed by atoms with E-state index in [1.807, 2.05) is 37.3 Å². The van der Waals surface area contributed by atoms with Crippen molar-refractivity contribution >= 4 is 5.78 Å². The Bertz CT molecular complexity index is 641. The smallest absolute Gasteiger partial charge is 0.162 e. The molecule has 0 aliphatic heterocycles. The van der Waals surface area contributed by atoms with Crippen LogP contribution in [-0.4, -0.2) is 5.78 Å². The second-order valence-electron chi connectivity index (χ2n) is 5.54. The SMILES string of the molecule is CCC(=O)c1ccc(Oc2ccc3c(c2)CCCC3)cc1. The number of hydrogen-bond acceptors (Lipinski definition) is 2. The maximum Gasteiger partial charge on any atom is 0.162 e. The van der Waals surface area contributed by atoms with E-state index in [2.05, 4.69) is 12.1 Å². The van der Waals surface area contributed by atoms with E-state index >= 15 is 0 Å². The molecule has 3 rings (SSSR count). The van der Waals surface area contributed by atoms with Crippen LogP contribution in [0.4, 0.5) is 0 Å². The summed E-state index contributed by atoms with van der Waals surface area (Å²) in [6.45, 7) is 1.87. The highest BCUT2D eigenvalue weighted by Crippen LogP contribution is 2.28. The molecule has 0 atom stereocenters. The van der Waals surface area contributed by atoms with Gasteiger partial charge in [0.05, 0.1) is 0 Å². The van der Waals surface area contributed by atoms with E-state index in [4.69, 9.17) is 4.74 Å². The summed E-state index contributed by atoms with van der Waals surface area (Å²) < 4.78 is 5.90. The predicted molar refractivity (Wildman–Crippen MR) is 84.2 cm³/mol. The maximum atomic E-state index is 11.6. The summed E-state index contributed by atoms with van der Waals surface area (Å²) in [5.41, 5.74) is 3.62. The molecule has 2 aromatic carbocycles.